The van der Waals surface area contributed by atoms with Crippen LogP contribution in [0.3, 0.4) is 0 Å². The van der Waals surface area contributed by atoms with Gasteiger partial charge in [0.15, 0.2) is 11.5 Å². The van der Waals surface area contributed by atoms with E-state index in [2.05, 4.69) is 20.4 Å². The normalized spacial score (nSPS) is 16.2. The summed E-state index contributed by atoms with van der Waals surface area (Å²) in [5.74, 6) is 0.650. The van der Waals surface area contributed by atoms with E-state index in [1.165, 1.54) is 29.8 Å². The number of piperazine rings is 1. The Morgan fingerprint density at radius 2 is 1.61 bits per heavy atom. The minimum atomic E-state index is -0.373. The number of fused-ring (bicyclic) bond motifs is 1. The third-order valence-electron chi connectivity index (χ3n) is 5.25. The van der Waals surface area contributed by atoms with Crippen LogP contribution >= 0.6 is 0 Å². The largest absolute Gasteiger partial charge is 0.454 e. The summed E-state index contributed by atoms with van der Waals surface area (Å²) in [5.41, 5.74) is 1.65. The molecule has 2 aromatic rings. The number of carbonyl (C=O) groups excluding carboxylic acids is 2. The maximum atomic E-state index is 12.9. The van der Waals surface area contributed by atoms with E-state index in [0.29, 0.717) is 5.69 Å². The van der Waals surface area contributed by atoms with Gasteiger partial charge in [-0.25, -0.2) is 4.39 Å². The van der Waals surface area contributed by atoms with Gasteiger partial charge in [-0.2, -0.15) is 0 Å². The molecule has 8 nitrogen and oxygen atoms in total. The van der Waals surface area contributed by atoms with E-state index in [0.717, 1.165) is 44.2 Å². The van der Waals surface area contributed by atoms with Crippen LogP contribution in [0.1, 0.15) is 5.56 Å². The fourth-order valence-corrected chi connectivity index (χ4v) is 3.58. The highest BCUT2D eigenvalue weighted by Crippen LogP contribution is 2.32. The van der Waals surface area contributed by atoms with Gasteiger partial charge in [0.1, 0.15) is 5.82 Å². The fraction of sp³-hybridized carbons (Fsp3) is 0.364. The molecule has 2 aliphatic rings. The summed E-state index contributed by atoms with van der Waals surface area (Å²) in [6.07, 6.45) is 0. The molecule has 0 atom stereocenters. The Hall–Kier alpha value is -3.17. The fourth-order valence-electron chi connectivity index (χ4n) is 3.58. The summed E-state index contributed by atoms with van der Waals surface area (Å²) in [6.45, 7) is 4.48. The van der Waals surface area contributed by atoms with Crippen LogP contribution in [-0.4, -0.2) is 67.7 Å². The standard InChI is InChI=1S/C22H25FN4O4/c23-17-2-4-18(5-3-17)25-21(28)12-24-22(29)14-27-9-7-26(8-10-27)13-16-1-6-19-20(11-16)31-15-30-19/h1-6,11H,7-10,12-15H2,(H,24,29)(H,25,28). The van der Waals surface area contributed by atoms with Crippen LogP contribution in [0.2, 0.25) is 0 Å². The zero-order valence-electron chi connectivity index (χ0n) is 17.1. The summed E-state index contributed by atoms with van der Waals surface area (Å²) in [4.78, 5) is 28.5. The first-order valence-electron chi connectivity index (χ1n) is 10.2. The van der Waals surface area contributed by atoms with E-state index in [1.807, 2.05) is 18.2 Å². The molecule has 9 heteroatoms. The van der Waals surface area contributed by atoms with E-state index in [1.54, 1.807) is 0 Å². The van der Waals surface area contributed by atoms with Gasteiger partial charge in [0.05, 0.1) is 13.1 Å². The lowest BCUT2D eigenvalue weighted by atomic mass is 10.1. The second kappa shape index (κ2) is 9.76. The number of anilines is 1. The predicted molar refractivity (Wildman–Crippen MR) is 112 cm³/mol. The Kier molecular flexibility index (Phi) is 6.63. The number of amides is 2. The van der Waals surface area contributed by atoms with E-state index >= 15 is 0 Å². The average Bonchev–Trinajstić information content (AvgIpc) is 3.23. The first kappa shape index (κ1) is 21.1. The van der Waals surface area contributed by atoms with Crippen LogP contribution in [0, 0.1) is 5.82 Å². The maximum absolute atomic E-state index is 12.9. The molecule has 2 aromatic carbocycles. The predicted octanol–water partition coefficient (Wildman–Crippen LogP) is 1.43. The van der Waals surface area contributed by atoms with Crippen molar-refractivity contribution < 1.29 is 23.5 Å². The van der Waals surface area contributed by atoms with E-state index in [9.17, 15) is 14.0 Å². The highest BCUT2D eigenvalue weighted by atomic mass is 19.1. The molecule has 0 spiro atoms. The number of ether oxygens (including phenoxy) is 2. The number of nitrogens with one attached hydrogen (secondary N) is 2. The second-order valence-electron chi connectivity index (χ2n) is 7.57. The summed E-state index contributed by atoms with van der Waals surface area (Å²) in [5, 5.41) is 5.25. The Morgan fingerprint density at radius 1 is 0.903 bits per heavy atom. The Labute approximate surface area is 179 Å². The molecule has 0 bridgehead atoms. The highest BCUT2D eigenvalue weighted by molar-refractivity contribution is 5.94. The molecule has 0 radical (unpaired) electrons. The van der Waals surface area contributed by atoms with Crippen LogP contribution in [-0.2, 0) is 16.1 Å². The zero-order valence-corrected chi connectivity index (χ0v) is 17.1. The number of nitrogens with zero attached hydrogens (tertiary/aromatic N) is 2. The molecule has 4 rings (SSSR count). The third kappa shape index (κ3) is 5.93. The van der Waals surface area contributed by atoms with Crippen molar-refractivity contribution in [3.8, 4) is 11.5 Å². The van der Waals surface area contributed by atoms with Crippen molar-refractivity contribution in [2.24, 2.45) is 0 Å². The van der Waals surface area contributed by atoms with Gasteiger partial charge in [-0.3, -0.25) is 19.4 Å². The molecule has 2 aliphatic heterocycles. The summed E-state index contributed by atoms with van der Waals surface area (Å²) >= 11 is 0. The van der Waals surface area contributed by atoms with Crippen molar-refractivity contribution in [2.45, 2.75) is 6.54 Å². The minimum Gasteiger partial charge on any atom is -0.454 e. The number of carbonyl (C=O) groups is 2. The first-order valence-corrected chi connectivity index (χ1v) is 10.2. The van der Waals surface area contributed by atoms with Crippen molar-refractivity contribution in [1.29, 1.82) is 0 Å². The molecule has 1 fully saturated rings. The molecule has 0 aliphatic carbocycles. The molecule has 2 N–H and O–H groups in total. The van der Waals surface area contributed by atoms with E-state index in [4.69, 9.17) is 9.47 Å². The van der Waals surface area contributed by atoms with E-state index in [-0.39, 0.29) is 37.5 Å². The lowest BCUT2D eigenvalue weighted by Gasteiger charge is -2.34. The molecule has 164 valence electrons. The molecule has 2 amide bonds. The van der Waals surface area contributed by atoms with Gasteiger partial charge in [0.2, 0.25) is 18.6 Å². The monoisotopic (exact) mass is 428 g/mol. The van der Waals surface area contributed by atoms with Crippen LogP contribution in [0.4, 0.5) is 10.1 Å². The minimum absolute atomic E-state index is 0.125. The number of benzene rings is 2. The van der Waals surface area contributed by atoms with Crippen LogP contribution in [0.15, 0.2) is 42.5 Å². The zero-order chi connectivity index (χ0) is 21.6. The molecule has 0 saturated carbocycles. The van der Waals surface area contributed by atoms with Gasteiger partial charge in [-0.15, -0.1) is 0 Å². The van der Waals surface area contributed by atoms with Gasteiger partial charge >= 0.3 is 0 Å². The lowest BCUT2D eigenvalue weighted by molar-refractivity contribution is -0.125. The molecular formula is C22H25FN4O4. The Morgan fingerprint density at radius 3 is 2.39 bits per heavy atom. The van der Waals surface area contributed by atoms with Crippen LogP contribution in [0.25, 0.3) is 0 Å². The SMILES string of the molecule is O=C(CN1CCN(Cc2ccc3c(c2)OCO3)CC1)NCC(=O)Nc1ccc(F)cc1. The van der Waals surface area contributed by atoms with Gasteiger partial charge in [0.25, 0.3) is 0 Å². The van der Waals surface area contributed by atoms with Crippen molar-refractivity contribution in [3.63, 3.8) is 0 Å². The topological polar surface area (TPSA) is 83.1 Å². The van der Waals surface area contributed by atoms with Gasteiger partial charge < -0.3 is 20.1 Å². The molecule has 31 heavy (non-hydrogen) atoms. The van der Waals surface area contributed by atoms with Gasteiger partial charge in [-0.05, 0) is 42.0 Å². The summed E-state index contributed by atoms with van der Waals surface area (Å²) in [7, 11) is 0. The van der Waals surface area contributed by atoms with Gasteiger partial charge in [0, 0.05) is 38.4 Å². The van der Waals surface area contributed by atoms with Crippen molar-refractivity contribution >= 4 is 17.5 Å². The number of halogens is 1. The maximum Gasteiger partial charge on any atom is 0.243 e. The number of hydrogen-bond donors (Lipinski definition) is 2. The highest BCUT2D eigenvalue weighted by Gasteiger charge is 2.20. The quantitative estimate of drug-likeness (QED) is 0.694. The van der Waals surface area contributed by atoms with Crippen molar-refractivity contribution in [1.82, 2.24) is 15.1 Å². The van der Waals surface area contributed by atoms with Gasteiger partial charge in [-0.1, -0.05) is 6.07 Å². The first-order chi connectivity index (χ1) is 15.0. The number of rotatable bonds is 7. The third-order valence-corrected chi connectivity index (χ3v) is 5.25. The molecule has 2 heterocycles. The Balaban J connectivity index is 1.14. The Bertz CT molecular complexity index is 930. The van der Waals surface area contributed by atoms with Crippen LogP contribution in [0.5, 0.6) is 11.5 Å². The van der Waals surface area contributed by atoms with Crippen molar-refractivity contribution in [2.75, 3.05) is 51.4 Å². The molecule has 1 saturated heterocycles. The van der Waals surface area contributed by atoms with Crippen LogP contribution < -0.4 is 20.1 Å². The smallest absolute Gasteiger partial charge is 0.243 e. The second-order valence-corrected chi connectivity index (χ2v) is 7.57. The van der Waals surface area contributed by atoms with Crippen molar-refractivity contribution in [3.05, 3.63) is 53.8 Å². The summed E-state index contributed by atoms with van der Waals surface area (Å²) in [6, 6.07) is 11.5. The van der Waals surface area contributed by atoms with E-state index < -0.39 is 0 Å². The lowest BCUT2D eigenvalue weighted by Crippen LogP contribution is -2.49. The molecule has 0 unspecified atom stereocenters. The molecule has 0 aromatic heterocycles. The number of hydrogen-bond acceptors (Lipinski definition) is 6. The average molecular weight is 428 g/mol. The molecular weight excluding hydrogens is 403 g/mol. The summed E-state index contributed by atoms with van der Waals surface area (Å²) < 4.78 is 23.7.